The minimum Gasteiger partial charge on any atom is -0.434 e. The van der Waals surface area contributed by atoms with Crippen LogP contribution >= 0.6 is 11.6 Å². The maximum absolute atomic E-state index is 12.6. The summed E-state index contributed by atoms with van der Waals surface area (Å²) in [5.74, 6) is 1.60. The normalized spacial score (nSPS) is 14.4. The van der Waals surface area contributed by atoms with E-state index < -0.39 is 6.61 Å². The van der Waals surface area contributed by atoms with Gasteiger partial charge in [0.2, 0.25) is 0 Å². The number of anilines is 1. The third kappa shape index (κ3) is 6.19. The van der Waals surface area contributed by atoms with Gasteiger partial charge in [0.25, 0.3) is 0 Å². The number of pyridine rings is 1. The summed E-state index contributed by atoms with van der Waals surface area (Å²) in [7, 11) is 1.64. The zero-order valence-electron chi connectivity index (χ0n) is 16.2. The molecule has 1 aromatic carbocycles. The smallest absolute Gasteiger partial charge is 0.387 e. The molecule has 1 fully saturated rings. The van der Waals surface area contributed by atoms with E-state index in [0.717, 1.165) is 24.5 Å². The van der Waals surface area contributed by atoms with E-state index in [1.165, 1.54) is 25.0 Å². The second-order valence-electron chi connectivity index (χ2n) is 6.63. The van der Waals surface area contributed by atoms with Gasteiger partial charge >= 0.3 is 6.61 Å². The summed E-state index contributed by atoms with van der Waals surface area (Å²) >= 11 is 5.99. The number of nitrogens with one attached hydrogen (secondary N) is 2. The summed E-state index contributed by atoms with van der Waals surface area (Å²) in [6.07, 6.45) is 4.20. The molecule has 156 valence electrons. The second kappa shape index (κ2) is 10.2. The molecule has 0 spiro atoms. The number of hydrogen-bond acceptors (Lipinski definition) is 4. The molecule has 0 radical (unpaired) electrons. The van der Waals surface area contributed by atoms with Crippen LogP contribution in [0.25, 0.3) is 0 Å². The van der Waals surface area contributed by atoms with Crippen molar-refractivity contribution in [2.75, 3.05) is 25.0 Å². The molecule has 6 nitrogen and oxygen atoms in total. The van der Waals surface area contributed by atoms with Gasteiger partial charge in [-0.1, -0.05) is 11.6 Å². The van der Waals surface area contributed by atoms with Crippen LogP contribution in [0.1, 0.15) is 24.0 Å². The highest BCUT2D eigenvalue weighted by Crippen LogP contribution is 2.24. The van der Waals surface area contributed by atoms with Gasteiger partial charge in [-0.05, 0) is 48.7 Å². The Bertz CT molecular complexity index is 843. The third-order valence-corrected chi connectivity index (χ3v) is 4.84. The lowest BCUT2D eigenvalue weighted by Gasteiger charge is -2.18. The molecule has 0 saturated carbocycles. The minimum atomic E-state index is -2.90. The summed E-state index contributed by atoms with van der Waals surface area (Å²) in [6, 6.07) is 8.54. The number of ether oxygens (including phenoxy) is 1. The van der Waals surface area contributed by atoms with Gasteiger partial charge in [0.15, 0.2) is 5.96 Å². The van der Waals surface area contributed by atoms with E-state index >= 15 is 0 Å². The van der Waals surface area contributed by atoms with Crippen molar-refractivity contribution < 1.29 is 13.5 Å². The third-order valence-electron chi connectivity index (χ3n) is 4.61. The van der Waals surface area contributed by atoms with E-state index in [0.29, 0.717) is 23.1 Å². The largest absolute Gasteiger partial charge is 0.434 e. The molecule has 0 atom stereocenters. The Kier molecular flexibility index (Phi) is 7.46. The van der Waals surface area contributed by atoms with Gasteiger partial charge in [0.05, 0.1) is 0 Å². The molecule has 2 aromatic rings. The number of aromatic nitrogens is 1. The van der Waals surface area contributed by atoms with Crippen LogP contribution in [-0.4, -0.2) is 37.7 Å². The molecule has 1 aliphatic rings. The fourth-order valence-corrected chi connectivity index (χ4v) is 3.37. The minimum absolute atomic E-state index is 0.0803. The molecule has 1 aliphatic heterocycles. The van der Waals surface area contributed by atoms with E-state index in [4.69, 9.17) is 11.6 Å². The topological polar surface area (TPSA) is 61.8 Å². The number of guanidine groups is 1. The number of hydrogen-bond donors (Lipinski definition) is 2. The van der Waals surface area contributed by atoms with Crippen molar-refractivity contribution in [3.63, 3.8) is 0 Å². The van der Waals surface area contributed by atoms with Gasteiger partial charge < -0.3 is 20.3 Å². The van der Waals surface area contributed by atoms with Crippen LogP contribution in [0, 0.1) is 0 Å². The van der Waals surface area contributed by atoms with Gasteiger partial charge in [-0.25, -0.2) is 4.98 Å². The number of alkyl halides is 2. The van der Waals surface area contributed by atoms with Gasteiger partial charge in [-0.15, -0.1) is 0 Å². The van der Waals surface area contributed by atoms with E-state index in [1.807, 2.05) is 6.07 Å². The van der Waals surface area contributed by atoms with E-state index in [2.05, 4.69) is 36.3 Å². The first-order chi connectivity index (χ1) is 14.0. The second-order valence-corrected chi connectivity index (χ2v) is 7.06. The highest BCUT2D eigenvalue weighted by molar-refractivity contribution is 6.30. The van der Waals surface area contributed by atoms with Crippen molar-refractivity contribution in [2.45, 2.75) is 32.5 Å². The summed E-state index contributed by atoms with van der Waals surface area (Å²) < 4.78 is 29.8. The molecule has 29 heavy (non-hydrogen) atoms. The summed E-state index contributed by atoms with van der Waals surface area (Å²) in [6.45, 7) is -0.0360. The van der Waals surface area contributed by atoms with Crippen molar-refractivity contribution in [2.24, 2.45) is 4.99 Å². The number of halogens is 3. The van der Waals surface area contributed by atoms with Crippen molar-refractivity contribution in [3.8, 4) is 5.75 Å². The quantitative estimate of drug-likeness (QED) is 0.524. The fourth-order valence-electron chi connectivity index (χ4n) is 3.17. The van der Waals surface area contributed by atoms with E-state index in [9.17, 15) is 8.78 Å². The highest BCUT2D eigenvalue weighted by atomic mass is 35.5. The molecule has 0 unspecified atom stereocenters. The Balaban J connectivity index is 1.58. The molecule has 2 N–H and O–H groups in total. The lowest BCUT2D eigenvalue weighted by molar-refractivity contribution is -0.0504. The SMILES string of the molecule is CN=C(NCc1ccnc(N2CCCC2)c1)NCc1cc(Cl)ccc1OC(F)F. The first kappa shape index (κ1) is 21.1. The first-order valence-electron chi connectivity index (χ1n) is 9.43. The number of benzene rings is 1. The highest BCUT2D eigenvalue weighted by Gasteiger charge is 2.14. The predicted octanol–water partition coefficient (Wildman–Crippen LogP) is 3.80. The van der Waals surface area contributed by atoms with Crippen molar-refractivity contribution in [1.82, 2.24) is 15.6 Å². The molecular formula is C20H24ClF2N5O. The summed E-state index contributed by atoms with van der Waals surface area (Å²) in [5, 5.41) is 6.76. The Morgan fingerprint density at radius 3 is 2.69 bits per heavy atom. The standard InChI is InChI=1S/C20H24ClF2N5O/c1-24-20(27-13-15-11-16(21)4-5-17(15)29-19(22)23)26-12-14-6-7-25-18(10-14)28-8-2-3-9-28/h4-7,10-11,19H,2-3,8-9,12-13H2,1H3,(H2,24,26,27). The Morgan fingerprint density at radius 1 is 1.21 bits per heavy atom. The van der Waals surface area contributed by atoms with Crippen LogP contribution in [0.4, 0.5) is 14.6 Å². The molecule has 0 bridgehead atoms. The summed E-state index contributed by atoms with van der Waals surface area (Å²) in [5.41, 5.74) is 1.59. The van der Waals surface area contributed by atoms with Crippen molar-refractivity contribution >= 4 is 23.4 Å². The lowest BCUT2D eigenvalue weighted by Crippen LogP contribution is -2.36. The molecule has 1 saturated heterocycles. The van der Waals surface area contributed by atoms with Crippen LogP contribution in [0.5, 0.6) is 5.75 Å². The van der Waals surface area contributed by atoms with Gasteiger partial charge in [0, 0.05) is 50.0 Å². The zero-order valence-corrected chi connectivity index (χ0v) is 16.9. The molecule has 0 amide bonds. The molecule has 2 heterocycles. The average Bonchev–Trinajstić information content (AvgIpc) is 3.25. The Morgan fingerprint density at radius 2 is 1.97 bits per heavy atom. The summed E-state index contributed by atoms with van der Waals surface area (Å²) in [4.78, 5) is 10.9. The predicted molar refractivity (Wildman–Crippen MR) is 111 cm³/mol. The van der Waals surface area contributed by atoms with Crippen LogP contribution < -0.4 is 20.3 Å². The number of nitrogens with zero attached hydrogens (tertiary/aromatic N) is 3. The van der Waals surface area contributed by atoms with Crippen molar-refractivity contribution in [3.05, 3.63) is 52.7 Å². The van der Waals surface area contributed by atoms with Gasteiger partial charge in [-0.2, -0.15) is 8.78 Å². The zero-order chi connectivity index (χ0) is 20.6. The number of rotatable bonds is 7. The molecule has 3 rings (SSSR count). The van der Waals surface area contributed by atoms with Crippen LogP contribution in [0.2, 0.25) is 5.02 Å². The van der Waals surface area contributed by atoms with E-state index in [-0.39, 0.29) is 12.3 Å². The van der Waals surface area contributed by atoms with Crippen LogP contribution in [0.15, 0.2) is 41.5 Å². The maximum atomic E-state index is 12.6. The van der Waals surface area contributed by atoms with Gasteiger partial charge in [0.1, 0.15) is 11.6 Å². The monoisotopic (exact) mass is 423 g/mol. The maximum Gasteiger partial charge on any atom is 0.387 e. The number of aliphatic imine (C=N–C) groups is 1. The molecule has 9 heteroatoms. The molecule has 1 aromatic heterocycles. The Hall–Kier alpha value is -2.61. The molecular weight excluding hydrogens is 400 g/mol. The van der Waals surface area contributed by atoms with Crippen LogP contribution in [-0.2, 0) is 13.1 Å². The van der Waals surface area contributed by atoms with Crippen LogP contribution in [0.3, 0.4) is 0 Å². The fraction of sp³-hybridized carbons (Fsp3) is 0.400. The van der Waals surface area contributed by atoms with Crippen molar-refractivity contribution in [1.29, 1.82) is 0 Å². The average molecular weight is 424 g/mol. The van der Waals surface area contributed by atoms with E-state index in [1.54, 1.807) is 19.3 Å². The first-order valence-corrected chi connectivity index (χ1v) is 9.80. The van der Waals surface area contributed by atoms with Gasteiger partial charge in [-0.3, -0.25) is 4.99 Å². The molecule has 0 aliphatic carbocycles. The lowest BCUT2D eigenvalue weighted by atomic mass is 10.2. The Labute approximate surface area is 173 Å².